The highest BCUT2D eigenvalue weighted by molar-refractivity contribution is 5.83. The maximum absolute atomic E-state index is 11.6. The molecule has 0 unspecified atom stereocenters. The molecule has 96 valence electrons. The zero-order valence-electron chi connectivity index (χ0n) is 11.1. The first-order chi connectivity index (χ1) is 8.37. The highest BCUT2D eigenvalue weighted by Crippen LogP contribution is 2.19. The summed E-state index contributed by atoms with van der Waals surface area (Å²) in [6.45, 7) is 7.41. The van der Waals surface area contributed by atoms with E-state index in [9.17, 15) is 4.79 Å². The predicted molar refractivity (Wildman–Crippen MR) is 69.5 cm³/mol. The van der Waals surface area contributed by atoms with Crippen LogP contribution in [0.1, 0.15) is 26.3 Å². The Hall–Kier alpha value is -1.97. The maximum atomic E-state index is 11.6. The number of ether oxygens (including phenoxy) is 1. The first-order valence-corrected chi connectivity index (χ1v) is 5.85. The van der Waals surface area contributed by atoms with Gasteiger partial charge < -0.3 is 9.57 Å². The third-order valence-corrected chi connectivity index (χ3v) is 2.48. The largest absolute Gasteiger partial charge is 0.534 e. The molecular weight excluding hydrogens is 230 g/mol. The molecule has 0 spiro atoms. The SMILES string of the molecule is Cc1cccc2c1ccn2OC(=O)OC(C)(C)C. The molecule has 0 aliphatic rings. The van der Waals surface area contributed by atoms with E-state index in [1.807, 2.05) is 31.2 Å². The van der Waals surface area contributed by atoms with Crippen molar-refractivity contribution in [3.05, 3.63) is 36.0 Å². The summed E-state index contributed by atoms with van der Waals surface area (Å²) in [5.74, 6) is 0. The molecule has 1 heterocycles. The van der Waals surface area contributed by atoms with Crippen molar-refractivity contribution in [3.8, 4) is 0 Å². The van der Waals surface area contributed by atoms with Gasteiger partial charge in [0.1, 0.15) is 5.60 Å². The van der Waals surface area contributed by atoms with Crippen LogP contribution in [0.25, 0.3) is 10.9 Å². The highest BCUT2D eigenvalue weighted by atomic mass is 16.8. The summed E-state index contributed by atoms with van der Waals surface area (Å²) in [5, 5.41) is 1.06. The van der Waals surface area contributed by atoms with E-state index in [4.69, 9.17) is 9.57 Å². The van der Waals surface area contributed by atoms with Gasteiger partial charge in [-0.2, -0.15) is 4.73 Å². The first kappa shape index (κ1) is 12.5. The van der Waals surface area contributed by atoms with Crippen LogP contribution in [0, 0.1) is 6.92 Å². The zero-order chi connectivity index (χ0) is 13.3. The minimum Gasteiger partial charge on any atom is -0.427 e. The van der Waals surface area contributed by atoms with Crippen LogP contribution >= 0.6 is 0 Å². The van der Waals surface area contributed by atoms with E-state index in [-0.39, 0.29) is 0 Å². The summed E-state index contributed by atoms with van der Waals surface area (Å²) in [6.07, 6.45) is 1.00. The molecule has 1 aromatic carbocycles. The van der Waals surface area contributed by atoms with Crippen molar-refractivity contribution in [1.82, 2.24) is 4.73 Å². The van der Waals surface area contributed by atoms with Gasteiger partial charge in [-0.3, -0.25) is 0 Å². The van der Waals surface area contributed by atoms with Gasteiger partial charge in [0.05, 0.1) is 5.52 Å². The highest BCUT2D eigenvalue weighted by Gasteiger charge is 2.18. The minimum absolute atomic E-state index is 0.560. The second-order valence-corrected chi connectivity index (χ2v) is 5.20. The smallest absolute Gasteiger partial charge is 0.427 e. The fourth-order valence-corrected chi connectivity index (χ4v) is 1.73. The van der Waals surface area contributed by atoms with Crippen LogP contribution in [0.3, 0.4) is 0 Å². The Labute approximate surface area is 106 Å². The molecule has 4 nitrogen and oxygen atoms in total. The minimum atomic E-state index is -0.707. The van der Waals surface area contributed by atoms with Gasteiger partial charge in [-0.1, -0.05) is 12.1 Å². The molecule has 0 atom stereocenters. The fourth-order valence-electron chi connectivity index (χ4n) is 1.73. The summed E-state index contributed by atoms with van der Waals surface area (Å²) >= 11 is 0. The lowest BCUT2D eigenvalue weighted by molar-refractivity contribution is -0.00873. The van der Waals surface area contributed by atoms with Gasteiger partial charge in [0.2, 0.25) is 0 Å². The number of fused-ring (bicyclic) bond motifs is 1. The van der Waals surface area contributed by atoms with Gasteiger partial charge in [-0.15, -0.1) is 0 Å². The van der Waals surface area contributed by atoms with Gasteiger partial charge in [0.25, 0.3) is 0 Å². The lowest BCUT2D eigenvalue weighted by atomic mass is 10.1. The molecule has 0 aliphatic heterocycles. The monoisotopic (exact) mass is 247 g/mol. The van der Waals surface area contributed by atoms with Crippen molar-refractivity contribution in [2.24, 2.45) is 0 Å². The molecule has 0 bridgehead atoms. The molecule has 2 aromatic rings. The lowest BCUT2D eigenvalue weighted by Gasteiger charge is -2.18. The summed E-state index contributed by atoms with van der Waals surface area (Å²) in [5.41, 5.74) is 1.43. The van der Waals surface area contributed by atoms with Crippen molar-refractivity contribution >= 4 is 17.1 Å². The Morgan fingerprint density at radius 2 is 1.94 bits per heavy atom. The zero-order valence-corrected chi connectivity index (χ0v) is 11.1. The van der Waals surface area contributed by atoms with Crippen molar-refractivity contribution in [2.75, 3.05) is 0 Å². The molecule has 0 fully saturated rings. The Bertz CT molecular complexity index is 578. The molecule has 0 amide bonds. The van der Waals surface area contributed by atoms with Crippen LogP contribution in [0.5, 0.6) is 0 Å². The molecule has 0 saturated heterocycles. The Morgan fingerprint density at radius 3 is 2.61 bits per heavy atom. The van der Waals surface area contributed by atoms with E-state index in [0.717, 1.165) is 16.5 Å². The predicted octanol–water partition coefficient (Wildman–Crippen LogP) is 3.31. The second kappa shape index (κ2) is 4.37. The number of aromatic nitrogens is 1. The van der Waals surface area contributed by atoms with E-state index in [2.05, 4.69) is 0 Å². The fraction of sp³-hybridized carbons (Fsp3) is 0.357. The second-order valence-electron chi connectivity index (χ2n) is 5.20. The van der Waals surface area contributed by atoms with Crippen LogP contribution in [0.15, 0.2) is 30.5 Å². The van der Waals surface area contributed by atoms with E-state index in [1.165, 1.54) is 4.73 Å². The average molecular weight is 247 g/mol. The number of hydrogen-bond acceptors (Lipinski definition) is 3. The quantitative estimate of drug-likeness (QED) is 0.726. The number of aryl methyl sites for hydroxylation is 1. The van der Waals surface area contributed by atoms with Crippen LogP contribution in [0.4, 0.5) is 4.79 Å². The van der Waals surface area contributed by atoms with Gasteiger partial charge in [-0.25, -0.2) is 4.79 Å². The molecule has 4 heteroatoms. The van der Waals surface area contributed by atoms with E-state index >= 15 is 0 Å². The van der Waals surface area contributed by atoms with Gasteiger partial charge in [-0.05, 0) is 45.4 Å². The van der Waals surface area contributed by atoms with Gasteiger partial charge in [0, 0.05) is 11.6 Å². The molecule has 0 N–H and O–H groups in total. The summed E-state index contributed by atoms with van der Waals surface area (Å²) < 4.78 is 6.54. The summed E-state index contributed by atoms with van der Waals surface area (Å²) in [6, 6.07) is 7.74. The van der Waals surface area contributed by atoms with Crippen molar-refractivity contribution in [1.29, 1.82) is 0 Å². The maximum Gasteiger partial charge on any atom is 0.534 e. The molecule has 0 aliphatic carbocycles. The van der Waals surface area contributed by atoms with E-state index in [0.29, 0.717) is 0 Å². The van der Waals surface area contributed by atoms with E-state index < -0.39 is 11.8 Å². The normalized spacial score (nSPS) is 11.6. The average Bonchev–Trinajstić information content (AvgIpc) is 2.60. The molecule has 2 rings (SSSR count). The number of nitrogens with zero attached hydrogens (tertiary/aromatic N) is 1. The van der Waals surface area contributed by atoms with Gasteiger partial charge >= 0.3 is 6.16 Å². The molecule has 1 aromatic heterocycles. The number of carbonyl (C=O) groups excluding carboxylic acids is 1. The number of hydrogen-bond donors (Lipinski definition) is 0. The van der Waals surface area contributed by atoms with E-state index in [1.54, 1.807) is 27.0 Å². The van der Waals surface area contributed by atoms with Crippen LogP contribution < -0.4 is 4.84 Å². The molecular formula is C14H17NO3. The third kappa shape index (κ3) is 2.64. The number of benzene rings is 1. The standard InChI is InChI=1S/C14H17NO3/c1-10-6-5-7-12-11(10)8-9-15(12)18-13(16)17-14(2,3)4/h5-9H,1-4H3. The molecule has 0 saturated carbocycles. The number of carbonyl (C=O) groups is 1. The Balaban J connectivity index is 2.23. The van der Waals surface area contributed by atoms with Crippen LogP contribution in [-0.2, 0) is 4.74 Å². The van der Waals surface area contributed by atoms with Crippen molar-refractivity contribution in [3.63, 3.8) is 0 Å². The Morgan fingerprint density at radius 1 is 1.22 bits per heavy atom. The lowest BCUT2D eigenvalue weighted by Crippen LogP contribution is -2.29. The van der Waals surface area contributed by atoms with Crippen molar-refractivity contribution < 1.29 is 14.4 Å². The Kier molecular flexibility index (Phi) is 3.03. The first-order valence-electron chi connectivity index (χ1n) is 5.85. The van der Waals surface area contributed by atoms with Gasteiger partial charge in [0.15, 0.2) is 0 Å². The molecule has 18 heavy (non-hydrogen) atoms. The number of rotatable bonds is 1. The van der Waals surface area contributed by atoms with Crippen LogP contribution in [-0.4, -0.2) is 16.5 Å². The summed E-state index contributed by atoms with van der Waals surface area (Å²) in [7, 11) is 0. The summed E-state index contributed by atoms with van der Waals surface area (Å²) in [4.78, 5) is 16.7. The van der Waals surface area contributed by atoms with Crippen molar-refractivity contribution in [2.45, 2.75) is 33.3 Å². The topological polar surface area (TPSA) is 40.5 Å². The molecule has 0 radical (unpaired) electrons. The third-order valence-electron chi connectivity index (χ3n) is 2.48. The van der Waals surface area contributed by atoms with Crippen LogP contribution in [0.2, 0.25) is 0 Å².